The third kappa shape index (κ3) is 2.88. The summed E-state index contributed by atoms with van der Waals surface area (Å²) >= 11 is 0. The number of carbonyl (C=O) groups excluding carboxylic acids is 1. The molecule has 2 aromatic rings. The lowest BCUT2D eigenvalue weighted by molar-refractivity contribution is -0.117. The molecule has 0 saturated heterocycles. The van der Waals surface area contributed by atoms with E-state index >= 15 is 0 Å². The fourth-order valence-corrected chi connectivity index (χ4v) is 1.85. The molecule has 0 aliphatic carbocycles. The molecule has 3 nitrogen and oxygen atoms in total. The molecule has 0 saturated carbocycles. The van der Waals surface area contributed by atoms with E-state index < -0.39 is 0 Å². The summed E-state index contributed by atoms with van der Waals surface area (Å²) < 4.78 is 5.12. The van der Waals surface area contributed by atoms with Crippen molar-refractivity contribution in [1.29, 1.82) is 0 Å². The Balaban J connectivity index is 2.29. The number of nitrogens with two attached hydrogens (primary N) is 1. The minimum Gasteiger partial charge on any atom is -0.497 e. The highest BCUT2D eigenvalue weighted by atomic mass is 16.5. The normalized spacial score (nSPS) is 10.1. The Morgan fingerprint density at radius 3 is 2.44 bits per heavy atom. The number of amides is 1. The van der Waals surface area contributed by atoms with E-state index in [-0.39, 0.29) is 12.3 Å². The average Bonchev–Trinajstić information content (AvgIpc) is 2.38. The van der Waals surface area contributed by atoms with Crippen molar-refractivity contribution in [3.63, 3.8) is 0 Å². The van der Waals surface area contributed by atoms with Crippen LogP contribution in [0.2, 0.25) is 0 Å². The van der Waals surface area contributed by atoms with E-state index in [0.717, 1.165) is 22.4 Å². The predicted molar refractivity (Wildman–Crippen MR) is 71.3 cm³/mol. The third-order valence-corrected chi connectivity index (χ3v) is 2.73. The zero-order chi connectivity index (χ0) is 13.0. The van der Waals surface area contributed by atoms with Crippen molar-refractivity contribution in [1.82, 2.24) is 0 Å². The minimum absolute atomic E-state index is 0.268. The Kier molecular flexibility index (Phi) is 3.63. The van der Waals surface area contributed by atoms with Crippen LogP contribution in [0, 0.1) is 0 Å². The van der Waals surface area contributed by atoms with Crippen molar-refractivity contribution in [2.45, 2.75) is 6.42 Å². The molecule has 1 amide bonds. The first kappa shape index (κ1) is 12.2. The number of methoxy groups -OCH3 is 1. The van der Waals surface area contributed by atoms with Crippen LogP contribution in [0.4, 0.5) is 0 Å². The SMILES string of the molecule is COc1ccc(-c2cccc(CC(N)=O)c2)cc1. The summed E-state index contributed by atoms with van der Waals surface area (Å²) in [6.07, 6.45) is 0.268. The van der Waals surface area contributed by atoms with Crippen LogP contribution in [-0.2, 0) is 11.2 Å². The molecule has 0 bridgehead atoms. The van der Waals surface area contributed by atoms with Crippen molar-refractivity contribution >= 4 is 5.91 Å². The van der Waals surface area contributed by atoms with Gasteiger partial charge in [-0.1, -0.05) is 36.4 Å². The van der Waals surface area contributed by atoms with E-state index in [0.29, 0.717) is 0 Å². The van der Waals surface area contributed by atoms with Crippen molar-refractivity contribution in [3.05, 3.63) is 54.1 Å². The van der Waals surface area contributed by atoms with Crippen molar-refractivity contribution < 1.29 is 9.53 Å². The summed E-state index contributed by atoms with van der Waals surface area (Å²) in [6.45, 7) is 0. The van der Waals surface area contributed by atoms with Gasteiger partial charge in [0.25, 0.3) is 0 Å². The highest BCUT2D eigenvalue weighted by Crippen LogP contribution is 2.23. The van der Waals surface area contributed by atoms with Gasteiger partial charge in [0.1, 0.15) is 5.75 Å². The molecule has 3 heteroatoms. The lowest BCUT2D eigenvalue weighted by Gasteiger charge is -2.05. The molecular formula is C15H15NO2. The largest absolute Gasteiger partial charge is 0.497 e. The topological polar surface area (TPSA) is 52.3 Å². The molecule has 0 heterocycles. The fourth-order valence-electron chi connectivity index (χ4n) is 1.85. The lowest BCUT2D eigenvalue weighted by atomic mass is 10.0. The second kappa shape index (κ2) is 5.36. The van der Waals surface area contributed by atoms with Crippen LogP contribution < -0.4 is 10.5 Å². The van der Waals surface area contributed by atoms with Gasteiger partial charge in [0.15, 0.2) is 0 Å². The zero-order valence-electron chi connectivity index (χ0n) is 10.2. The van der Waals surface area contributed by atoms with Crippen LogP contribution >= 0.6 is 0 Å². The van der Waals surface area contributed by atoms with E-state index in [1.807, 2.05) is 48.5 Å². The second-order valence-electron chi connectivity index (χ2n) is 4.07. The Hall–Kier alpha value is -2.29. The summed E-state index contributed by atoms with van der Waals surface area (Å²) in [5.74, 6) is 0.508. The molecule has 0 aliphatic heterocycles. The van der Waals surface area contributed by atoms with E-state index in [4.69, 9.17) is 10.5 Å². The first-order chi connectivity index (χ1) is 8.69. The van der Waals surface area contributed by atoms with Crippen LogP contribution in [-0.4, -0.2) is 13.0 Å². The Morgan fingerprint density at radius 2 is 1.83 bits per heavy atom. The van der Waals surface area contributed by atoms with E-state index in [1.165, 1.54) is 0 Å². The zero-order valence-corrected chi connectivity index (χ0v) is 10.2. The Labute approximate surface area is 106 Å². The molecule has 0 atom stereocenters. The van der Waals surface area contributed by atoms with Crippen molar-refractivity contribution in [2.75, 3.05) is 7.11 Å². The van der Waals surface area contributed by atoms with Gasteiger partial charge >= 0.3 is 0 Å². The molecule has 18 heavy (non-hydrogen) atoms. The van der Waals surface area contributed by atoms with Crippen LogP contribution in [0.15, 0.2) is 48.5 Å². The molecule has 0 spiro atoms. The number of benzene rings is 2. The molecule has 0 aliphatic rings. The van der Waals surface area contributed by atoms with Gasteiger partial charge < -0.3 is 10.5 Å². The number of primary amides is 1. The molecule has 92 valence electrons. The van der Waals surface area contributed by atoms with Gasteiger partial charge in [0.05, 0.1) is 13.5 Å². The number of hydrogen-bond donors (Lipinski definition) is 1. The maximum absolute atomic E-state index is 10.9. The summed E-state index contributed by atoms with van der Waals surface area (Å²) in [5, 5.41) is 0. The van der Waals surface area contributed by atoms with Crippen LogP contribution in [0.25, 0.3) is 11.1 Å². The molecule has 0 fully saturated rings. The van der Waals surface area contributed by atoms with E-state index in [1.54, 1.807) is 7.11 Å². The molecule has 0 aromatic heterocycles. The molecule has 0 radical (unpaired) electrons. The van der Waals surface area contributed by atoms with E-state index in [9.17, 15) is 4.79 Å². The summed E-state index contributed by atoms with van der Waals surface area (Å²) in [6, 6.07) is 15.6. The van der Waals surface area contributed by atoms with Crippen molar-refractivity contribution in [3.8, 4) is 16.9 Å². The average molecular weight is 241 g/mol. The molecular weight excluding hydrogens is 226 g/mol. The summed E-state index contributed by atoms with van der Waals surface area (Å²) in [4.78, 5) is 10.9. The Bertz CT molecular complexity index is 547. The maximum atomic E-state index is 10.9. The lowest BCUT2D eigenvalue weighted by Crippen LogP contribution is -2.13. The smallest absolute Gasteiger partial charge is 0.221 e. The van der Waals surface area contributed by atoms with E-state index in [2.05, 4.69) is 0 Å². The first-order valence-corrected chi connectivity index (χ1v) is 5.71. The maximum Gasteiger partial charge on any atom is 0.221 e. The van der Waals surface area contributed by atoms with Gasteiger partial charge in [-0.3, -0.25) is 4.79 Å². The van der Waals surface area contributed by atoms with Gasteiger partial charge in [0, 0.05) is 0 Å². The fraction of sp³-hybridized carbons (Fsp3) is 0.133. The highest BCUT2D eigenvalue weighted by Gasteiger charge is 2.02. The number of ether oxygens (including phenoxy) is 1. The molecule has 0 unspecified atom stereocenters. The third-order valence-electron chi connectivity index (χ3n) is 2.73. The van der Waals surface area contributed by atoms with Gasteiger partial charge in [-0.05, 0) is 28.8 Å². The predicted octanol–water partition coefficient (Wildman–Crippen LogP) is 2.39. The number of hydrogen-bond acceptors (Lipinski definition) is 2. The summed E-state index contributed by atoms with van der Waals surface area (Å²) in [5.41, 5.74) is 8.27. The molecule has 2 N–H and O–H groups in total. The van der Waals surface area contributed by atoms with Gasteiger partial charge in [0.2, 0.25) is 5.91 Å². The minimum atomic E-state index is -0.318. The van der Waals surface area contributed by atoms with Crippen LogP contribution in [0.5, 0.6) is 5.75 Å². The first-order valence-electron chi connectivity index (χ1n) is 5.71. The van der Waals surface area contributed by atoms with Gasteiger partial charge in [-0.2, -0.15) is 0 Å². The highest BCUT2D eigenvalue weighted by molar-refractivity contribution is 5.77. The van der Waals surface area contributed by atoms with Gasteiger partial charge in [-0.25, -0.2) is 0 Å². The number of carbonyl (C=O) groups is 1. The summed E-state index contributed by atoms with van der Waals surface area (Å²) in [7, 11) is 1.64. The Morgan fingerprint density at radius 1 is 1.11 bits per heavy atom. The van der Waals surface area contributed by atoms with Crippen LogP contribution in [0.3, 0.4) is 0 Å². The van der Waals surface area contributed by atoms with Crippen LogP contribution in [0.1, 0.15) is 5.56 Å². The quantitative estimate of drug-likeness (QED) is 0.893. The second-order valence-corrected chi connectivity index (χ2v) is 4.07. The number of rotatable bonds is 4. The molecule has 2 rings (SSSR count). The molecule has 2 aromatic carbocycles. The monoisotopic (exact) mass is 241 g/mol. The van der Waals surface area contributed by atoms with Crippen molar-refractivity contribution in [2.24, 2.45) is 5.73 Å². The van der Waals surface area contributed by atoms with Gasteiger partial charge in [-0.15, -0.1) is 0 Å². The standard InChI is InChI=1S/C15H15NO2/c1-18-14-7-5-12(6-8-14)13-4-2-3-11(9-13)10-15(16)17/h2-9H,10H2,1H3,(H2,16,17).